The van der Waals surface area contributed by atoms with Gasteiger partial charge in [0.15, 0.2) is 5.96 Å². The molecule has 0 bridgehead atoms. The second-order valence-corrected chi connectivity index (χ2v) is 6.18. The summed E-state index contributed by atoms with van der Waals surface area (Å²) in [5.74, 6) is 0.885. The van der Waals surface area contributed by atoms with Crippen LogP contribution in [0.4, 0.5) is 0 Å². The highest BCUT2D eigenvalue weighted by Gasteiger charge is 2.18. The van der Waals surface area contributed by atoms with Gasteiger partial charge in [0, 0.05) is 32.7 Å². The van der Waals surface area contributed by atoms with Gasteiger partial charge in [-0.2, -0.15) is 11.3 Å². The van der Waals surface area contributed by atoms with E-state index in [1.165, 1.54) is 31.2 Å². The summed E-state index contributed by atoms with van der Waals surface area (Å²) in [6.45, 7) is 2.85. The molecular formula is C15H27IN4S. The number of aliphatic imine (C=N–C) groups is 1. The van der Waals surface area contributed by atoms with E-state index >= 15 is 0 Å². The molecule has 0 spiro atoms. The van der Waals surface area contributed by atoms with Gasteiger partial charge in [0.1, 0.15) is 0 Å². The van der Waals surface area contributed by atoms with Gasteiger partial charge in [-0.1, -0.05) is 12.8 Å². The Labute approximate surface area is 149 Å². The van der Waals surface area contributed by atoms with Gasteiger partial charge in [-0.15, -0.1) is 24.0 Å². The van der Waals surface area contributed by atoms with E-state index in [1.807, 2.05) is 7.05 Å². The van der Waals surface area contributed by atoms with Crippen molar-refractivity contribution in [3.8, 4) is 0 Å². The number of guanidine groups is 1. The van der Waals surface area contributed by atoms with E-state index in [9.17, 15) is 0 Å². The van der Waals surface area contributed by atoms with Gasteiger partial charge in [0.05, 0.1) is 0 Å². The summed E-state index contributed by atoms with van der Waals surface area (Å²) in [6, 6.07) is 2.93. The molecule has 21 heavy (non-hydrogen) atoms. The van der Waals surface area contributed by atoms with Crippen LogP contribution in [0.5, 0.6) is 0 Å². The molecule has 4 nitrogen and oxygen atoms in total. The minimum Gasteiger partial charge on any atom is -0.355 e. The first kappa shape index (κ1) is 18.7. The molecule has 1 aromatic rings. The van der Waals surface area contributed by atoms with Crippen LogP contribution in [-0.4, -0.2) is 44.1 Å². The smallest absolute Gasteiger partial charge is 0.191 e. The third kappa shape index (κ3) is 6.52. The van der Waals surface area contributed by atoms with Crippen molar-refractivity contribution in [2.45, 2.75) is 38.3 Å². The van der Waals surface area contributed by atoms with E-state index in [0.29, 0.717) is 0 Å². The Hall–Kier alpha value is -0.340. The fourth-order valence-electron chi connectivity index (χ4n) is 2.68. The van der Waals surface area contributed by atoms with Crippen molar-refractivity contribution >= 4 is 41.3 Å². The fourth-order valence-corrected chi connectivity index (χ4v) is 3.35. The Morgan fingerprint density at radius 3 is 2.76 bits per heavy atom. The Morgan fingerprint density at radius 1 is 1.38 bits per heavy atom. The van der Waals surface area contributed by atoms with E-state index in [1.54, 1.807) is 11.3 Å². The lowest BCUT2D eigenvalue weighted by atomic mass is 10.2. The number of likely N-dealkylation sites (N-methyl/N-ethyl adjacent to an activating group) is 1. The molecule has 0 unspecified atom stereocenters. The first-order valence-corrected chi connectivity index (χ1v) is 8.39. The average molecular weight is 422 g/mol. The Morgan fingerprint density at radius 2 is 2.14 bits per heavy atom. The third-order valence-electron chi connectivity index (χ3n) is 3.97. The van der Waals surface area contributed by atoms with Crippen LogP contribution in [0, 0.1) is 0 Å². The monoisotopic (exact) mass is 422 g/mol. The number of hydrogen-bond donors (Lipinski definition) is 2. The molecule has 0 amide bonds. The van der Waals surface area contributed by atoms with Gasteiger partial charge < -0.3 is 15.5 Å². The third-order valence-corrected chi connectivity index (χ3v) is 4.70. The van der Waals surface area contributed by atoms with Crippen LogP contribution < -0.4 is 10.6 Å². The van der Waals surface area contributed by atoms with E-state index in [-0.39, 0.29) is 24.0 Å². The van der Waals surface area contributed by atoms with Crippen molar-refractivity contribution in [1.82, 2.24) is 15.5 Å². The van der Waals surface area contributed by atoms with Crippen LogP contribution in [0.1, 0.15) is 31.2 Å². The molecule has 0 atom stereocenters. The fraction of sp³-hybridized carbons (Fsp3) is 0.667. The average Bonchev–Trinajstić information content (AvgIpc) is 3.14. The Kier molecular flexibility index (Phi) is 9.26. The summed E-state index contributed by atoms with van der Waals surface area (Å²) >= 11 is 1.73. The molecule has 0 aromatic carbocycles. The number of nitrogens with zero attached hydrogens (tertiary/aromatic N) is 2. The standard InChI is InChI=1S/C15H26N4S.HI/c1-16-15(18-11-13-7-10-20-12-13)17-8-9-19(2)14-5-3-4-6-14;/h7,10,12,14H,3-6,8-9,11H2,1-2H3,(H2,16,17,18);1H. The van der Waals surface area contributed by atoms with Crippen LogP contribution >= 0.6 is 35.3 Å². The minimum atomic E-state index is 0. The van der Waals surface area contributed by atoms with Crippen LogP contribution in [0.15, 0.2) is 21.8 Å². The molecule has 6 heteroatoms. The molecule has 1 aromatic heterocycles. The number of nitrogens with one attached hydrogen (secondary N) is 2. The SMILES string of the molecule is CN=C(NCCN(C)C1CCCC1)NCc1ccsc1.I. The van der Waals surface area contributed by atoms with Crippen molar-refractivity contribution < 1.29 is 0 Å². The lowest BCUT2D eigenvalue weighted by Crippen LogP contribution is -2.42. The molecule has 1 fully saturated rings. The molecule has 0 saturated heterocycles. The van der Waals surface area contributed by atoms with E-state index in [0.717, 1.165) is 31.6 Å². The lowest BCUT2D eigenvalue weighted by Gasteiger charge is -2.24. The van der Waals surface area contributed by atoms with Crippen molar-refractivity contribution in [2.75, 3.05) is 27.2 Å². The van der Waals surface area contributed by atoms with Crippen molar-refractivity contribution in [3.63, 3.8) is 0 Å². The Balaban J connectivity index is 0.00000220. The molecule has 1 heterocycles. The number of hydrogen-bond acceptors (Lipinski definition) is 3. The van der Waals surface area contributed by atoms with Gasteiger partial charge in [-0.25, -0.2) is 0 Å². The van der Waals surface area contributed by atoms with Crippen molar-refractivity contribution in [3.05, 3.63) is 22.4 Å². The van der Waals surface area contributed by atoms with Gasteiger partial charge in [0.25, 0.3) is 0 Å². The molecule has 120 valence electrons. The summed E-state index contributed by atoms with van der Waals surface area (Å²) in [4.78, 5) is 6.74. The predicted octanol–water partition coefficient (Wildman–Crippen LogP) is 2.91. The normalized spacial score (nSPS) is 16.0. The largest absolute Gasteiger partial charge is 0.355 e. The van der Waals surface area contributed by atoms with Crippen LogP contribution in [0.3, 0.4) is 0 Å². The number of rotatable bonds is 6. The van der Waals surface area contributed by atoms with Gasteiger partial charge in [-0.3, -0.25) is 4.99 Å². The van der Waals surface area contributed by atoms with Crippen LogP contribution in [-0.2, 0) is 6.54 Å². The molecular weight excluding hydrogens is 395 g/mol. The molecule has 0 radical (unpaired) electrons. The zero-order chi connectivity index (χ0) is 14.2. The maximum atomic E-state index is 4.26. The predicted molar refractivity (Wildman–Crippen MR) is 103 cm³/mol. The zero-order valence-corrected chi connectivity index (χ0v) is 16.1. The lowest BCUT2D eigenvalue weighted by molar-refractivity contribution is 0.249. The quantitative estimate of drug-likeness (QED) is 0.421. The number of halogens is 1. The van der Waals surface area contributed by atoms with E-state index in [4.69, 9.17) is 0 Å². The second-order valence-electron chi connectivity index (χ2n) is 5.40. The van der Waals surface area contributed by atoms with Gasteiger partial charge >= 0.3 is 0 Å². The molecule has 1 aliphatic carbocycles. The second kappa shape index (κ2) is 10.4. The maximum Gasteiger partial charge on any atom is 0.191 e. The molecule has 2 N–H and O–H groups in total. The first-order valence-electron chi connectivity index (χ1n) is 7.45. The number of thiophene rings is 1. The summed E-state index contributed by atoms with van der Waals surface area (Å²) in [7, 11) is 4.06. The molecule has 1 saturated carbocycles. The van der Waals surface area contributed by atoms with Crippen LogP contribution in [0.25, 0.3) is 0 Å². The highest BCUT2D eigenvalue weighted by atomic mass is 127. The van der Waals surface area contributed by atoms with Crippen molar-refractivity contribution in [1.29, 1.82) is 0 Å². The van der Waals surface area contributed by atoms with E-state index < -0.39 is 0 Å². The van der Waals surface area contributed by atoms with E-state index in [2.05, 4.69) is 44.4 Å². The van der Waals surface area contributed by atoms with Gasteiger partial charge in [-0.05, 0) is 42.3 Å². The summed E-state index contributed by atoms with van der Waals surface area (Å²) in [6.07, 6.45) is 5.52. The summed E-state index contributed by atoms with van der Waals surface area (Å²) in [5.41, 5.74) is 1.31. The molecule has 2 rings (SSSR count). The zero-order valence-electron chi connectivity index (χ0n) is 13.0. The minimum absolute atomic E-state index is 0. The molecule has 1 aliphatic rings. The maximum absolute atomic E-state index is 4.26. The van der Waals surface area contributed by atoms with Crippen LogP contribution in [0.2, 0.25) is 0 Å². The summed E-state index contributed by atoms with van der Waals surface area (Å²) in [5, 5.41) is 11.0. The highest BCUT2D eigenvalue weighted by Crippen LogP contribution is 2.21. The first-order chi connectivity index (χ1) is 9.79. The topological polar surface area (TPSA) is 39.7 Å². The van der Waals surface area contributed by atoms with Crippen molar-refractivity contribution in [2.24, 2.45) is 4.99 Å². The van der Waals surface area contributed by atoms with Gasteiger partial charge in [0.2, 0.25) is 0 Å². The summed E-state index contributed by atoms with van der Waals surface area (Å²) < 4.78 is 0. The molecule has 0 aliphatic heterocycles. The highest BCUT2D eigenvalue weighted by molar-refractivity contribution is 14.0. The Bertz CT molecular complexity index is 402.